The molecule has 0 fully saturated rings. The zero-order valence-electron chi connectivity index (χ0n) is 12.6. The van der Waals surface area contributed by atoms with E-state index in [1.807, 2.05) is 40.0 Å². The zero-order valence-corrected chi connectivity index (χ0v) is 12.6. The molecule has 1 aromatic rings. The molecule has 0 aromatic heterocycles. The van der Waals surface area contributed by atoms with Crippen molar-refractivity contribution in [3.05, 3.63) is 23.8 Å². The lowest BCUT2D eigenvalue weighted by Crippen LogP contribution is -2.26. The van der Waals surface area contributed by atoms with Crippen LogP contribution in [0, 0.1) is 0 Å². The number of ether oxygens (including phenoxy) is 2. The van der Waals surface area contributed by atoms with Crippen LogP contribution in [0.5, 0.6) is 5.75 Å². The number of rotatable bonds is 7. The second-order valence-electron chi connectivity index (χ2n) is 5.02. The highest BCUT2D eigenvalue weighted by Crippen LogP contribution is 2.32. The van der Waals surface area contributed by atoms with Crippen LogP contribution in [0.25, 0.3) is 0 Å². The maximum atomic E-state index is 6.07. The molecular formula is C15H26N2O2. The van der Waals surface area contributed by atoms with Gasteiger partial charge in [0.15, 0.2) is 0 Å². The molecule has 0 bridgehead atoms. The predicted molar refractivity (Wildman–Crippen MR) is 80.0 cm³/mol. The lowest BCUT2D eigenvalue weighted by atomic mass is 10.0. The second kappa shape index (κ2) is 7.36. The van der Waals surface area contributed by atoms with Gasteiger partial charge in [-0.2, -0.15) is 0 Å². The van der Waals surface area contributed by atoms with Crippen LogP contribution < -0.4 is 15.4 Å². The van der Waals surface area contributed by atoms with E-state index in [0.29, 0.717) is 6.61 Å². The number of anilines is 1. The van der Waals surface area contributed by atoms with E-state index in [1.54, 1.807) is 7.11 Å². The van der Waals surface area contributed by atoms with Crippen molar-refractivity contribution in [1.29, 1.82) is 0 Å². The highest BCUT2D eigenvalue weighted by atomic mass is 16.5. The summed E-state index contributed by atoms with van der Waals surface area (Å²) in [5, 5.41) is 0. The Hall–Kier alpha value is -1.26. The minimum Gasteiger partial charge on any atom is -0.496 e. The van der Waals surface area contributed by atoms with Gasteiger partial charge in [-0.15, -0.1) is 0 Å². The summed E-state index contributed by atoms with van der Waals surface area (Å²) in [5.41, 5.74) is 8.21. The minimum absolute atomic E-state index is 0.0698. The van der Waals surface area contributed by atoms with Crippen molar-refractivity contribution in [2.75, 3.05) is 32.2 Å². The van der Waals surface area contributed by atoms with Gasteiger partial charge < -0.3 is 20.1 Å². The molecule has 0 amide bonds. The van der Waals surface area contributed by atoms with Crippen LogP contribution in [0.15, 0.2) is 18.2 Å². The van der Waals surface area contributed by atoms with Crippen molar-refractivity contribution >= 4 is 5.69 Å². The third kappa shape index (κ3) is 4.40. The number of likely N-dealkylation sites (N-methyl/N-ethyl adjacent to an activating group) is 1. The predicted octanol–water partition coefficient (Wildman–Crippen LogP) is 2.58. The normalized spacial score (nSPS) is 12.6. The number of hydrogen-bond acceptors (Lipinski definition) is 4. The molecule has 0 saturated carbocycles. The Morgan fingerprint density at radius 1 is 1.26 bits per heavy atom. The van der Waals surface area contributed by atoms with E-state index in [0.717, 1.165) is 23.5 Å². The van der Waals surface area contributed by atoms with Gasteiger partial charge in [-0.1, -0.05) is 6.07 Å². The molecule has 0 aliphatic carbocycles. The fourth-order valence-corrected chi connectivity index (χ4v) is 2.05. The molecule has 0 radical (unpaired) electrons. The van der Waals surface area contributed by atoms with Crippen LogP contribution in [0.4, 0.5) is 5.69 Å². The highest BCUT2D eigenvalue weighted by Gasteiger charge is 2.15. The molecule has 1 atom stereocenters. The number of nitrogens with zero attached hydrogens (tertiary/aromatic N) is 1. The summed E-state index contributed by atoms with van der Waals surface area (Å²) >= 11 is 0. The first-order chi connectivity index (χ1) is 8.97. The first-order valence-electron chi connectivity index (χ1n) is 6.72. The van der Waals surface area contributed by atoms with Crippen LogP contribution in [0.1, 0.15) is 32.4 Å². The lowest BCUT2D eigenvalue weighted by Gasteiger charge is -2.25. The van der Waals surface area contributed by atoms with Gasteiger partial charge in [0.2, 0.25) is 0 Å². The molecule has 4 heteroatoms. The summed E-state index contributed by atoms with van der Waals surface area (Å²) in [6.07, 6.45) is 0.256. The van der Waals surface area contributed by atoms with Crippen LogP contribution in [-0.2, 0) is 4.74 Å². The van der Waals surface area contributed by atoms with Gasteiger partial charge >= 0.3 is 0 Å². The topological polar surface area (TPSA) is 47.7 Å². The summed E-state index contributed by atoms with van der Waals surface area (Å²) < 4.78 is 11.0. The molecule has 1 rings (SSSR count). The first kappa shape index (κ1) is 15.8. The maximum absolute atomic E-state index is 6.07. The molecule has 1 unspecified atom stereocenters. The average molecular weight is 266 g/mol. The van der Waals surface area contributed by atoms with Crippen LogP contribution in [0.2, 0.25) is 0 Å². The second-order valence-corrected chi connectivity index (χ2v) is 5.02. The molecule has 0 spiro atoms. The Bertz CT molecular complexity index is 392. The Kier molecular flexibility index (Phi) is 6.12. The van der Waals surface area contributed by atoms with Crippen LogP contribution in [0.3, 0.4) is 0 Å². The van der Waals surface area contributed by atoms with E-state index in [4.69, 9.17) is 15.2 Å². The van der Waals surface area contributed by atoms with Crippen molar-refractivity contribution in [1.82, 2.24) is 0 Å². The third-order valence-electron chi connectivity index (χ3n) is 3.01. The van der Waals surface area contributed by atoms with Gasteiger partial charge in [0, 0.05) is 30.9 Å². The van der Waals surface area contributed by atoms with E-state index >= 15 is 0 Å². The van der Waals surface area contributed by atoms with E-state index in [1.165, 1.54) is 0 Å². The molecule has 108 valence electrons. The molecule has 4 nitrogen and oxygen atoms in total. The summed E-state index contributed by atoms with van der Waals surface area (Å²) in [6, 6.07) is 5.93. The molecule has 19 heavy (non-hydrogen) atoms. The first-order valence-corrected chi connectivity index (χ1v) is 6.72. The molecular weight excluding hydrogens is 240 g/mol. The fourth-order valence-electron chi connectivity index (χ4n) is 2.05. The molecule has 1 aromatic carbocycles. The van der Waals surface area contributed by atoms with Crippen molar-refractivity contribution in [2.24, 2.45) is 5.73 Å². The lowest BCUT2D eigenvalue weighted by molar-refractivity contribution is 0.0846. The van der Waals surface area contributed by atoms with Crippen LogP contribution in [-0.4, -0.2) is 33.4 Å². The molecule has 2 N–H and O–H groups in total. The Labute approximate surface area is 116 Å². The van der Waals surface area contributed by atoms with Crippen molar-refractivity contribution in [3.8, 4) is 5.75 Å². The average Bonchev–Trinajstić information content (AvgIpc) is 2.36. The van der Waals surface area contributed by atoms with E-state index < -0.39 is 0 Å². The van der Waals surface area contributed by atoms with Crippen LogP contribution >= 0.6 is 0 Å². The largest absolute Gasteiger partial charge is 0.496 e. The Morgan fingerprint density at radius 2 is 1.95 bits per heavy atom. The van der Waals surface area contributed by atoms with Gasteiger partial charge in [-0.3, -0.25) is 0 Å². The number of hydrogen-bond donors (Lipinski definition) is 1. The molecule has 0 aliphatic heterocycles. The SMILES string of the molecule is COc1cccc(N(C)CCOC(C)C)c1C(C)N. The Balaban J connectivity index is 2.86. The minimum atomic E-state index is -0.0698. The molecule has 0 saturated heterocycles. The van der Waals surface area contributed by atoms with E-state index in [2.05, 4.69) is 11.0 Å². The zero-order chi connectivity index (χ0) is 14.4. The summed E-state index contributed by atoms with van der Waals surface area (Å²) in [5.74, 6) is 0.837. The Morgan fingerprint density at radius 3 is 2.47 bits per heavy atom. The summed E-state index contributed by atoms with van der Waals surface area (Å²) in [7, 11) is 3.72. The molecule has 0 heterocycles. The van der Waals surface area contributed by atoms with Gasteiger partial charge in [0.25, 0.3) is 0 Å². The standard InChI is InChI=1S/C15H26N2O2/c1-11(2)19-10-9-17(4)13-7-6-8-14(18-5)15(13)12(3)16/h6-8,11-12H,9-10,16H2,1-5H3. The fraction of sp³-hybridized carbons (Fsp3) is 0.600. The van der Waals surface area contributed by atoms with Gasteiger partial charge in [-0.05, 0) is 32.9 Å². The van der Waals surface area contributed by atoms with E-state index in [-0.39, 0.29) is 12.1 Å². The number of benzene rings is 1. The van der Waals surface area contributed by atoms with Crippen molar-refractivity contribution in [3.63, 3.8) is 0 Å². The van der Waals surface area contributed by atoms with Gasteiger partial charge in [0.05, 0.1) is 19.8 Å². The van der Waals surface area contributed by atoms with Gasteiger partial charge in [-0.25, -0.2) is 0 Å². The highest BCUT2D eigenvalue weighted by molar-refractivity contribution is 5.60. The molecule has 0 aliphatic rings. The summed E-state index contributed by atoms with van der Waals surface area (Å²) in [4.78, 5) is 2.16. The quantitative estimate of drug-likeness (QED) is 0.824. The van der Waals surface area contributed by atoms with Crippen molar-refractivity contribution < 1.29 is 9.47 Å². The third-order valence-corrected chi connectivity index (χ3v) is 3.01. The monoisotopic (exact) mass is 266 g/mol. The van der Waals surface area contributed by atoms with Crippen molar-refractivity contribution in [2.45, 2.75) is 32.9 Å². The number of nitrogens with two attached hydrogens (primary N) is 1. The number of methoxy groups -OCH3 is 1. The van der Waals surface area contributed by atoms with Gasteiger partial charge in [0.1, 0.15) is 5.75 Å². The summed E-state index contributed by atoms with van der Waals surface area (Å²) in [6.45, 7) is 7.58. The van der Waals surface area contributed by atoms with E-state index in [9.17, 15) is 0 Å². The smallest absolute Gasteiger partial charge is 0.125 e. The maximum Gasteiger partial charge on any atom is 0.125 e.